The Labute approximate surface area is 116 Å². The molecule has 0 spiro atoms. The molecule has 0 radical (unpaired) electrons. The van der Waals surface area contributed by atoms with Crippen LogP contribution in [0.15, 0.2) is 30.3 Å². The minimum absolute atomic E-state index is 0.119. The largest absolute Gasteiger partial charge is 0.343 e. The molecule has 1 rings (SSSR count). The molecule has 2 N–H and O–H groups in total. The number of amides is 1. The average molecular weight is 262 g/mol. The maximum atomic E-state index is 12.4. The van der Waals surface area contributed by atoms with Crippen LogP contribution in [0, 0.1) is 5.92 Å². The lowest BCUT2D eigenvalue weighted by Crippen LogP contribution is -2.42. The Kier molecular flexibility index (Phi) is 6.57. The van der Waals surface area contributed by atoms with Gasteiger partial charge in [0.15, 0.2) is 0 Å². The van der Waals surface area contributed by atoms with Gasteiger partial charge in [-0.2, -0.15) is 0 Å². The molecule has 0 bridgehead atoms. The Bertz CT molecular complexity index is 378. The van der Waals surface area contributed by atoms with Crippen molar-refractivity contribution in [3.8, 4) is 0 Å². The van der Waals surface area contributed by atoms with Crippen molar-refractivity contribution in [1.29, 1.82) is 0 Å². The van der Waals surface area contributed by atoms with E-state index in [1.54, 1.807) is 0 Å². The molecule has 0 saturated heterocycles. The van der Waals surface area contributed by atoms with Crippen molar-refractivity contribution in [2.75, 3.05) is 13.6 Å². The fraction of sp³-hybridized carbons (Fsp3) is 0.562. The van der Waals surface area contributed by atoms with Gasteiger partial charge >= 0.3 is 0 Å². The molecule has 1 amide bonds. The summed E-state index contributed by atoms with van der Waals surface area (Å²) in [7, 11) is 1.89. The Balaban J connectivity index is 2.66. The van der Waals surface area contributed by atoms with Crippen LogP contribution in [0.5, 0.6) is 0 Å². The Morgan fingerprint density at radius 3 is 2.47 bits per heavy atom. The minimum atomic E-state index is -0.119. The van der Waals surface area contributed by atoms with Gasteiger partial charge in [-0.25, -0.2) is 0 Å². The Hall–Kier alpha value is -1.35. The summed E-state index contributed by atoms with van der Waals surface area (Å²) in [6, 6.07) is 10.4. The van der Waals surface area contributed by atoms with Crippen LogP contribution >= 0.6 is 0 Å². The Morgan fingerprint density at radius 2 is 1.95 bits per heavy atom. The van der Waals surface area contributed by atoms with E-state index < -0.39 is 0 Å². The van der Waals surface area contributed by atoms with E-state index >= 15 is 0 Å². The maximum Gasteiger partial charge on any atom is 0.227 e. The van der Waals surface area contributed by atoms with Crippen LogP contribution in [0.1, 0.15) is 32.3 Å². The predicted molar refractivity (Wildman–Crippen MR) is 79.8 cm³/mol. The van der Waals surface area contributed by atoms with Crippen LogP contribution in [0.3, 0.4) is 0 Å². The highest BCUT2D eigenvalue weighted by molar-refractivity contribution is 5.79. The zero-order chi connectivity index (χ0) is 14.3. The highest BCUT2D eigenvalue weighted by Gasteiger charge is 2.23. The second kappa shape index (κ2) is 7.95. The van der Waals surface area contributed by atoms with E-state index in [0.29, 0.717) is 6.54 Å². The van der Waals surface area contributed by atoms with Crippen molar-refractivity contribution < 1.29 is 4.79 Å². The van der Waals surface area contributed by atoms with Gasteiger partial charge in [0.05, 0.1) is 5.92 Å². The molecule has 0 fully saturated rings. The number of benzene rings is 1. The first-order chi connectivity index (χ1) is 9.10. The van der Waals surface area contributed by atoms with Crippen LogP contribution in [0.25, 0.3) is 0 Å². The van der Waals surface area contributed by atoms with Gasteiger partial charge in [0.25, 0.3) is 0 Å². The van der Waals surface area contributed by atoms with Crippen LogP contribution < -0.4 is 5.73 Å². The quantitative estimate of drug-likeness (QED) is 0.820. The molecule has 19 heavy (non-hydrogen) atoms. The van der Waals surface area contributed by atoms with Gasteiger partial charge in [-0.05, 0) is 25.3 Å². The van der Waals surface area contributed by atoms with Gasteiger partial charge in [0.1, 0.15) is 0 Å². The summed E-state index contributed by atoms with van der Waals surface area (Å²) in [5.74, 6) is 0.0407. The summed E-state index contributed by atoms with van der Waals surface area (Å²) < 4.78 is 0. The van der Waals surface area contributed by atoms with Gasteiger partial charge in [-0.3, -0.25) is 4.79 Å². The predicted octanol–water partition coefficient (Wildman–Crippen LogP) is 2.45. The first kappa shape index (κ1) is 15.7. The molecule has 2 atom stereocenters. The molecular weight excluding hydrogens is 236 g/mol. The number of carbonyl (C=O) groups excluding carboxylic acids is 1. The number of hydrogen-bond acceptors (Lipinski definition) is 2. The number of hydrogen-bond donors (Lipinski definition) is 1. The highest BCUT2D eigenvalue weighted by atomic mass is 16.2. The van der Waals surface area contributed by atoms with E-state index in [1.165, 1.54) is 5.56 Å². The zero-order valence-electron chi connectivity index (χ0n) is 12.3. The summed E-state index contributed by atoms with van der Waals surface area (Å²) in [4.78, 5) is 14.3. The normalized spacial score (nSPS) is 13.9. The van der Waals surface area contributed by atoms with Crippen molar-refractivity contribution in [3.63, 3.8) is 0 Å². The molecule has 3 heteroatoms. The lowest BCUT2D eigenvalue weighted by molar-refractivity contribution is -0.135. The second-order valence-corrected chi connectivity index (χ2v) is 5.21. The molecule has 3 nitrogen and oxygen atoms in total. The van der Waals surface area contributed by atoms with E-state index in [-0.39, 0.29) is 17.9 Å². The van der Waals surface area contributed by atoms with E-state index in [4.69, 9.17) is 5.73 Å². The van der Waals surface area contributed by atoms with Crippen molar-refractivity contribution >= 4 is 5.91 Å². The standard InChI is InChI=1S/C16H26N2O/c1-4-8-13(2)18(3)16(19)15(12-17)11-14-9-6-5-7-10-14/h5-7,9-10,13,15H,4,8,11-12,17H2,1-3H3. The molecule has 106 valence electrons. The van der Waals surface area contributed by atoms with Crippen LogP contribution in [-0.4, -0.2) is 30.4 Å². The van der Waals surface area contributed by atoms with Crippen molar-refractivity contribution in [2.45, 2.75) is 39.2 Å². The third-order valence-electron chi connectivity index (χ3n) is 3.67. The van der Waals surface area contributed by atoms with Crippen molar-refractivity contribution in [1.82, 2.24) is 4.90 Å². The summed E-state index contributed by atoms with van der Waals surface area (Å²) in [6.07, 6.45) is 2.84. The summed E-state index contributed by atoms with van der Waals surface area (Å²) in [5.41, 5.74) is 6.96. The molecular formula is C16H26N2O. The summed E-state index contributed by atoms with van der Waals surface area (Å²) in [6.45, 7) is 4.63. The van der Waals surface area contributed by atoms with Crippen LogP contribution in [0.2, 0.25) is 0 Å². The fourth-order valence-electron chi connectivity index (χ4n) is 2.29. The van der Waals surface area contributed by atoms with Crippen molar-refractivity contribution in [3.05, 3.63) is 35.9 Å². The Morgan fingerprint density at radius 1 is 1.32 bits per heavy atom. The van der Waals surface area contributed by atoms with Crippen LogP contribution in [0.4, 0.5) is 0 Å². The molecule has 1 aromatic rings. The lowest BCUT2D eigenvalue weighted by atomic mass is 9.97. The summed E-state index contributed by atoms with van der Waals surface area (Å²) in [5, 5.41) is 0. The number of rotatable bonds is 7. The third kappa shape index (κ3) is 4.67. The molecule has 0 aliphatic carbocycles. The first-order valence-electron chi connectivity index (χ1n) is 7.10. The van der Waals surface area contributed by atoms with E-state index in [0.717, 1.165) is 19.3 Å². The highest BCUT2D eigenvalue weighted by Crippen LogP contribution is 2.13. The molecule has 0 aromatic heterocycles. The van der Waals surface area contributed by atoms with E-state index in [1.807, 2.05) is 42.3 Å². The molecule has 0 aliphatic heterocycles. The number of nitrogens with zero attached hydrogens (tertiary/aromatic N) is 1. The molecule has 2 unspecified atom stereocenters. The third-order valence-corrected chi connectivity index (χ3v) is 3.67. The maximum absolute atomic E-state index is 12.4. The second-order valence-electron chi connectivity index (χ2n) is 5.21. The molecule has 0 heterocycles. The topological polar surface area (TPSA) is 46.3 Å². The summed E-state index contributed by atoms with van der Waals surface area (Å²) >= 11 is 0. The van der Waals surface area contributed by atoms with E-state index in [2.05, 4.69) is 13.8 Å². The average Bonchev–Trinajstić information content (AvgIpc) is 2.44. The smallest absolute Gasteiger partial charge is 0.227 e. The number of nitrogens with two attached hydrogens (primary N) is 1. The minimum Gasteiger partial charge on any atom is -0.343 e. The number of carbonyl (C=O) groups is 1. The fourth-order valence-corrected chi connectivity index (χ4v) is 2.29. The zero-order valence-corrected chi connectivity index (χ0v) is 12.3. The first-order valence-corrected chi connectivity index (χ1v) is 7.10. The van der Waals surface area contributed by atoms with Gasteiger partial charge in [-0.1, -0.05) is 43.7 Å². The molecule has 0 saturated carbocycles. The molecule has 0 aliphatic rings. The van der Waals surface area contributed by atoms with Gasteiger partial charge in [0, 0.05) is 19.6 Å². The monoisotopic (exact) mass is 262 g/mol. The van der Waals surface area contributed by atoms with Crippen molar-refractivity contribution in [2.24, 2.45) is 11.7 Å². The van der Waals surface area contributed by atoms with Crippen LogP contribution in [-0.2, 0) is 11.2 Å². The van der Waals surface area contributed by atoms with Gasteiger partial charge in [0.2, 0.25) is 5.91 Å². The van der Waals surface area contributed by atoms with Gasteiger partial charge < -0.3 is 10.6 Å². The lowest BCUT2D eigenvalue weighted by Gasteiger charge is -2.28. The van der Waals surface area contributed by atoms with E-state index in [9.17, 15) is 4.79 Å². The SMILES string of the molecule is CCCC(C)N(C)C(=O)C(CN)Cc1ccccc1. The molecule has 1 aromatic carbocycles. The van der Waals surface area contributed by atoms with Gasteiger partial charge in [-0.15, -0.1) is 0 Å².